The minimum atomic E-state index is 0.880. The van der Waals surface area contributed by atoms with Crippen LogP contribution in [0.3, 0.4) is 0 Å². The summed E-state index contributed by atoms with van der Waals surface area (Å²) in [5.41, 5.74) is 2.37. The van der Waals surface area contributed by atoms with Gasteiger partial charge in [-0.3, -0.25) is 9.98 Å². The van der Waals surface area contributed by atoms with Crippen LogP contribution in [0.4, 0.5) is 0 Å². The van der Waals surface area contributed by atoms with E-state index in [1.807, 2.05) is 0 Å². The average molecular weight is 154 g/mol. The van der Waals surface area contributed by atoms with Crippen molar-refractivity contribution in [1.29, 1.82) is 0 Å². The van der Waals surface area contributed by atoms with Crippen LogP contribution in [0.25, 0.3) is 0 Å². The molecule has 0 saturated heterocycles. The van der Waals surface area contributed by atoms with Crippen LogP contribution in [0, 0.1) is 0 Å². The molecule has 0 N–H and O–H groups in total. The Morgan fingerprint density at radius 1 is 0.909 bits per heavy atom. The molecule has 0 aromatic rings. The molecule has 11 heavy (non-hydrogen) atoms. The van der Waals surface area contributed by atoms with Gasteiger partial charge in [0.2, 0.25) is 0 Å². The summed E-state index contributed by atoms with van der Waals surface area (Å²) in [6.07, 6.45) is 0.932. The quantitative estimate of drug-likeness (QED) is 0.555. The zero-order valence-electron chi connectivity index (χ0n) is 8.02. The molecular formula is C9H18N2. The maximum atomic E-state index is 4.28. The highest BCUT2D eigenvalue weighted by molar-refractivity contribution is 6.02. The van der Waals surface area contributed by atoms with Crippen LogP contribution in [-0.4, -0.2) is 24.5 Å². The van der Waals surface area contributed by atoms with E-state index in [2.05, 4.69) is 37.7 Å². The first-order chi connectivity index (χ1) is 5.20. The molecule has 0 atom stereocenters. The minimum Gasteiger partial charge on any atom is -0.294 e. The van der Waals surface area contributed by atoms with Gasteiger partial charge in [0, 0.05) is 30.9 Å². The van der Waals surface area contributed by atoms with Gasteiger partial charge in [0.15, 0.2) is 0 Å². The van der Waals surface area contributed by atoms with Crippen LogP contribution in [-0.2, 0) is 0 Å². The van der Waals surface area contributed by atoms with Gasteiger partial charge in [0.25, 0.3) is 0 Å². The number of nitrogens with zero attached hydrogens (tertiary/aromatic N) is 2. The van der Waals surface area contributed by atoms with E-state index in [0.29, 0.717) is 0 Å². The third-order valence-electron chi connectivity index (χ3n) is 1.37. The maximum absolute atomic E-state index is 4.28. The Bertz CT molecular complexity index is 139. The molecular weight excluding hydrogens is 136 g/mol. The second-order valence-corrected chi connectivity index (χ2v) is 2.60. The van der Waals surface area contributed by atoms with Crippen molar-refractivity contribution in [2.45, 2.75) is 34.1 Å². The minimum absolute atomic E-state index is 0.880. The Balaban J connectivity index is 3.84. The second-order valence-electron chi connectivity index (χ2n) is 2.60. The monoisotopic (exact) mass is 154 g/mol. The predicted octanol–water partition coefficient (Wildman–Crippen LogP) is 2.34. The van der Waals surface area contributed by atoms with E-state index in [4.69, 9.17) is 0 Å². The number of aliphatic imine (C=N–C) groups is 2. The van der Waals surface area contributed by atoms with E-state index in [-0.39, 0.29) is 0 Å². The van der Waals surface area contributed by atoms with Crippen LogP contribution in [0.2, 0.25) is 0 Å². The van der Waals surface area contributed by atoms with Crippen molar-refractivity contribution in [3.63, 3.8) is 0 Å². The maximum Gasteiger partial charge on any atom is 0.0360 e. The lowest BCUT2D eigenvalue weighted by Gasteiger charge is -1.98. The van der Waals surface area contributed by atoms with Crippen molar-refractivity contribution in [3.05, 3.63) is 0 Å². The van der Waals surface area contributed by atoms with Gasteiger partial charge in [-0.15, -0.1) is 0 Å². The van der Waals surface area contributed by atoms with E-state index in [1.54, 1.807) is 0 Å². The van der Waals surface area contributed by atoms with Crippen LogP contribution in [0.15, 0.2) is 9.98 Å². The van der Waals surface area contributed by atoms with Gasteiger partial charge in [-0.05, 0) is 27.7 Å². The molecule has 0 aliphatic carbocycles. The smallest absolute Gasteiger partial charge is 0.0360 e. The molecule has 0 rings (SSSR count). The third kappa shape index (κ3) is 5.77. The molecule has 0 spiro atoms. The highest BCUT2D eigenvalue weighted by Gasteiger charge is 1.92. The van der Waals surface area contributed by atoms with Crippen molar-refractivity contribution >= 4 is 11.4 Å². The lowest BCUT2D eigenvalue weighted by atomic mass is 10.2. The number of hydrogen-bond donors (Lipinski definition) is 0. The summed E-state index contributed by atoms with van der Waals surface area (Å²) in [6, 6.07) is 0. The molecule has 0 aromatic heterocycles. The van der Waals surface area contributed by atoms with E-state index < -0.39 is 0 Å². The van der Waals surface area contributed by atoms with Gasteiger partial charge in [-0.25, -0.2) is 0 Å². The van der Waals surface area contributed by atoms with Crippen molar-refractivity contribution < 1.29 is 0 Å². The van der Waals surface area contributed by atoms with Crippen molar-refractivity contribution in [2.75, 3.05) is 13.1 Å². The zero-order valence-corrected chi connectivity index (χ0v) is 8.02. The largest absolute Gasteiger partial charge is 0.294 e. The lowest BCUT2D eigenvalue weighted by Crippen LogP contribution is -2.01. The van der Waals surface area contributed by atoms with Crippen LogP contribution < -0.4 is 0 Å². The highest BCUT2D eigenvalue weighted by atomic mass is 14.7. The molecule has 0 unspecified atom stereocenters. The summed E-state index contributed by atoms with van der Waals surface area (Å²) in [4.78, 5) is 8.57. The topological polar surface area (TPSA) is 24.7 Å². The summed E-state index contributed by atoms with van der Waals surface area (Å²) < 4.78 is 0. The molecule has 0 aliphatic heterocycles. The lowest BCUT2D eigenvalue weighted by molar-refractivity contribution is 1.10. The molecule has 0 amide bonds. The average Bonchev–Trinajstić information content (AvgIpc) is 1.87. The summed E-state index contributed by atoms with van der Waals surface area (Å²) in [5.74, 6) is 0. The molecule has 0 radical (unpaired) electrons. The number of hydrogen-bond acceptors (Lipinski definition) is 2. The van der Waals surface area contributed by atoms with Crippen LogP contribution in [0.1, 0.15) is 34.1 Å². The molecule has 0 aliphatic rings. The highest BCUT2D eigenvalue weighted by Crippen LogP contribution is 1.91. The van der Waals surface area contributed by atoms with Crippen molar-refractivity contribution in [3.8, 4) is 0 Å². The zero-order chi connectivity index (χ0) is 8.69. The van der Waals surface area contributed by atoms with Gasteiger partial charge in [-0.2, -0.15) is 0 Å². The second kappa shape index (κ2) is 6.08. The molecule has 0 fully saturated rings. The van der Waals surface area contributed by atoms with E-state index in [1.165, 1.54) is 11.4 Å². The van der Waals surface area contributed by atoms with Gasteiger partial charge in [-0.1, -0.05) is 0 Å². The van der Waals surface area contributed by atoms with E-state index >= 15 is 0 Å². The Labute approximate surface area is 69.4 Å². The standard InChI is InChI=1S/C9H18N2/c1-5-10-8(3)7-9(4)11-6-2/h5-7H2,1-4H3. The fraction of sp³-hybridized carbons (Fsp3) is 0.778. The van der Waals surface area contributed by atoms with E-state index in [0.717, 1.165) is 19.5 Å². The molecule has 0 aromatic carbocycles. The Morgan fingerprint density at radius 2 is 1.27 bits per heavy atom. The van der Waals surface area contributed by atoms with Gasteiger partial charge in [0.05, 0.1) is 0 Å². The summed E-state index contributed by atoms with van der Waals surface area (Å²) in [5, 5.41) is 0. The first-order valence-corrected chi connectivity index (χ1v) is 4.20. The SMILES string of the molecule is CCN=C(C)CC(C)=NCC. The molecule has 0 heterocycles. The molecule has 2 nitrogen and oxygen atoms in total. The Kier molecular flexibility index (Phi) is 5.71. The molecule has 0 saturated carbocycles. The summed E-state index contributed by atoms with van der Waals surface area (Å²) >= 11 is 0. The van der Waals surface area contributed by atoms with Gasteiger partial charge >= 0.3 is 0 Å². The van der Waals surface area contributed by atoms with Crippen LogP contribution >= 0.6 is 0 Å². The Morgan fingerprint density at radius 3 is 1.55 bits per heavy atom. The molecule has 64 valence electrons. The first-order valence-electron chi connectivity index (χ1n) is 4.20. The van der Waals surface area contributed by atoms with E-state index in [9.17, 15) is 0 Å². The number of rotatable bonds is 4. The van der Waals surface area contributed by atoms with Crippen molar-refractivity contribution in [1.82, 2.24) is 0 Å². The normalized spacial score (nSPS) is 13.8. The molecule has 2 heteroatoms. The summed E-state index contributed by atoms with van der Waals surface area (Å²) in [7, 11) is 0. The molecule has 0 bridgehead atoms. The van der Waals surface area contributed by atoms with Crippen LogP contribution in [0.5, 0.6) is 0 Å². The van der Waals surface area contributed by atoms with Gasteiger partial charge in [0.1, 0.15) is 0 Å². The fourth-order valence-electron chi connectivity index (χ4n) is 1.02. The fourth-order valence-corrected chi connectivity index (χ4v) is 1.02. The predicted molar refractivity (Wildman–Crippen MR) is 51.9 cm³/mol. The Hall–Kier alpha value is -0.660. The first kappa shape index (κ1) is 10.3. The van der Waals surface area contributed by atoms with Gasteiger partial charge < -0.3 is 0 Å². The van der Waals surface area contributed by atoms with Crippen molar-refractivity contribution in [2.24, 2.45) is 9.98 Å². The third-order valence-corrected chi connectivity index (χ3v) is 1.37. The summed E-state index contributed by atoms with van der Waals surface area (Å²) in [6.45, 7) is 9.97.